The molecule has 1 heterocycles. The lowest BCUT2D eigenvalue weighted by molar-refractivity contribution is 0.244. The fourth-order valence-electron chi connectivity index (χ4n) is 3.56. The maximum atomic E-state index is 12.6. The molecule has 0 unspecified atom stereocenters. The van der Waals surface area contributed by atoms with E-state index in [-0.39, 0.29) is 17.0 Å². The van der Waals surface area contributed by atoms with E-state index in [0.29, 0.717) is 18.8 Å². The molecule has 3 rings (SSSR count). The normalized spacial score (nSPS) is 20.2. The van der Waals surface area contributed by atoms with E-state index < -0.39 is 10.0 Å². The molecular formula is C18H27N3O3S. The smallest absolute Gasteiger partial charge is 0.319 e. The molecule has 0 bridgehead atoms. The van der Waals surface area contributed by atoms with Gasteiger partial charge in [0.1, 0.15) is 0 Å². The van der Waals surface area contributed by atoms with Crippen LogP contribution in [0, 0.1) is 0 Å². The van der Waals surface area contributed by atoms with Crippen molar-refractivity contribution in [2.75, 3.05) is 18.4 Å². The highest BCUT2D eigenvalue weighted by atomic mass is 32.2. The molecule has 1 saturated heterocycles. The Balaban J connectivity index is 1.58. The van der Waals surface area contributed by atoms with Crippen LogP contribution in [-0.4, -0.2) is 37.9 Å². The maximum Gasteiger partial charge on any atom is 0.319 e. The topological polar surface area (TPSA) is 78.5 Å². The molecule has 0 radical (unpaired) electrons. The predicted molar refractivity (Wildman–Crippen MR) is 98.1 cm³/mol. The Morgan fingerprint density at radius 2 is 1.52 bits per heavy atom. The SMILES string of the molecule is O=C(Nc1ccc(S(=O)(=O)N2CCCCC2)cc1)NC1CCCCC1. The van der Waals surface area contributed by atoms with Gasteiger partial charge in [-0.25, -0.2) is 13.2 Å². The van der Waals surface area contributed by atoms with Gasteiger partial charge in [0, 0.05) is 24.8 Å². The highest BCUT2D eigenvalue weighted by Crippen LogP contribution is 2.22. The van der Waals surface area contributed by atoms with Crippen LogP contribution in [0.25, 0.3) is 0 Å². The highest BCUT2D eigenvalue weighted by Gasteiger charge is 2.25. The van der Waals surface area contributed by atoms with Gasteiger partial charge in [0.05, 0.1) is 4.90 Å². The van der Waals surface area contributed by atoms with Gasteiger partial charge in [-0.1, -0.05) is 25.7 Å². The Labute approximate surface area is 150 Å². The van der Waals surface area contributed by atoms with E-state index in [9.17, 15) is 13.2 Å². The van der Waals surface area contributed by atoms with Crippen molar-refractivity contribution in [2.24, 2.45) is 0 Å². The summed E-state index contributed by atoms with van der Waals surface area (Å²) in [5.41, 5.74) is 0.603. The number of anilines is 1. The van der Waals surface area contributed by atoms with Crippen LogP contribution in [0.3, 0.4) is 0 Å². The molecule has 0 atom stereocenters. The van der Waals surface area contributed by atoms with E-state index in [1.807, 2.05) is 0 Å². The number of rotatable bonds is 4. The summed E-state index contributed by atoms with van der Waals surface area (Å²) in [6, 6.07) is 6.46. The molecule has 2 N–H and O–H groups in total. The summed E-state index contributed by atoms with van der Waals surface area (Å²) in [5.74, 6) is 0. The number of urea groups is 1. The van der Waals surface area contributed by atoms with Gasteiger partial charge in [-0.3, -0.25) is 0 Å². The van der Waals surface area contributed by atoms with Crippen LogP contribution in [0.5, 0.6) is 0 Å². The van der Waals surface area contributed by atoms with Gasteiger partial charge in [-0.05, 0) is 49.9 Å². The van der Waals surface area contributed by atoms with Crippen LogP contribution >= 0.6 is 0 Å². The number of nitrogens with one attached hydrogen (secondary N) is 2. The molecule has 7 heteroatoms. The molecule has 6 nitrogen and oxygen atoms in total. The van der Waals surface area contributed by atoms with E-state index in [1.165, 1.54) is 6.42 Å². The third-order valence-electron chi connectivity index (χ3n) is 5.01. The van der Waals surface area contributed by atoms with E-state index in [2.05, 4.69) is 10.6 Å². The average molecular weight is 365 g/mol. The first-order valence-electron chi connectivity index (χ1n) is 9.23. The van der Waals surface area contributed by atoms with Crippen molar-refractivity contribution in [3.05, 3.63) is 24.3 Å². The molecule has 1 aliphatic heterocycles. The van der Waals surface area contributed by atoms with Gasteiger partial charge in [-0.15, -0.1) is 0 Å². The number of piperidine rings is 1. The number of benzene rings is 1. The molecule has 138 valence electrons. The van der Waals surface area contributed by atoms with Gasteiger partial charge in [0.25, 0.3) is 0 Å². The lowest BCUT2D eigenvalue weighted by Gasteiger charge is -2.26. The summed E-state index contributed by atoms with van der Waals surface area (Å²) in [4.78, 5) is 12.3. The Morgan fingerprint density at radius 3 is 2.16 bits per heavy atom. The fraction of sp³-hybridized carbons (Fsp3) is 0.611. The van der Waals surface area contributed by atoms with Gasteiger partial charge in [0.15, 0.2) is 0 Å². The third kappa shape index (κ3) is 4.73. The van der Waals surface area contributed by atoms with Crippen LogP contribution in [0.2, 0.25) is 0 Å². The Hall–Kier alpha value is -1.60. The molecule has 1 aromatic carbocycles. The first-order valence-corrected chi connectivity index (χ1v) is 10.7. The fourth-order valence-corrected chi connectivity index (χ4v) is 5.08. The average Bonchev–Trinajstić information content (AvgIpc) is 2.63. The van der Waals surface area contributed by atoms with Crippen LogP contribution in [0.15, 0.2) is 29.2 Å². The Morgan fingerprint density at radius 1 is 0.920 bits per heavy atom. The first kappa shape index (κ1) is 18.2. The standard InChI is InChI=1S/C18H27N3O3S/c22-18(19-15-7-3-1-4-8-15)20-16-9-11-17(12-10-16)25(23,24)21-13-5-2-6-14-21/h9-12,15H,1-8,13-14H2,(H2,19,20,22). The molecule has 0 spiro atoms. The minimum absolute atomic E-state index is 0.224. The quantitative estimate of drug-likeness (QED) is 0.859. The Kier molecular flexibility index (Phi) is 5.96. The van der Waals surface area contributed by atoms with Crippen LogP contribution in [0.4, 0.5) is 10.5 Å². The van der Waals surface area contributed by atoms with Crippen LogP contribution in [0.1, 0.15) is 51.4 Å². The number of carbonyl (C=O) groups excluding carboxylic acids is 1. The number of sulfonamides is 1. The van der Waals surface area contributed by atoms with Crippen molar-refractivity contribution in [3.63, 3.8) is 0 Å². The van der Waals surface area contributed by atoms with Crippen molar-refractivity contribution >= 4 is 21.7 Å². The molecule has 2 amide bonds. The minimum Gasteiger partial charge on any atom is -0.335 e. The van der Waals surface area contributed by atoms with Crippen molar-refractivity contribution < 1.29 is 13.2 Å². The minimum atomic E-state index is -3.42. The lowest BCUT2D eigenvalue weighted by Crippen LogP contribution is -2.39. The third-order valence-corrected chi connectivity index (χ3v) is 6.92. The zero-order valence-electron chi connectivity index (χ0n) is 14.5. The van der Waals surface area contributed by atoms with E-state index >= 15 is 0 Å². The van der Waals surface area contributed by atoms with Crippen molar-refractivity contribution in [2.45, 2.75) is 62.3 Å². The second-order valence-corrected chi connectivity index (χ2v) is 8.86. The Bertz CT molecular complexity index is 676. The molecule has 25 heavy (non-hydrogen) atoms. The monoisotopic (exact) mass is 365 g/mol. The second-order valence-electron chi connectivity index (χ2n) is 6.92. The van der Waals surface area contributed by atoms with Crippen LogP contribution < -0.4 is 10.6 Å². The number of nitrogens with zero attached hydrogens (tertiary/aromatic N) is 1. The van der Waals surface area contributed by atoms with E-state index in [4.69, 9.17) is 0 Å². The zero-order chi connectivity index (χ0) is 17.7. The van der Waals surface area contributed by atoms with Gasteiger partial charge in [0.2, 0.25) is 10.0 Å². The summed E-state index contributed by atoms with van der Waals surface area (Å²) in [6.07, 6.45) is 8.54. The molecule has 1 aromatic rings. The predicted octanol–water partition coefficient (Wildman–Crippen LogP) is 3.32. The van der Waals surface area contributed by atoms with E-state index in [0.717, 1.165) is 44.9 Å². The largest absolute Gasteiger partial charge is 0.335 e. The van der Waals surface area contributed by atoms with Crippen molar-refractivity contribution in [3.8, 4) is 0 Å². The lowest BCUT2D eigenvalue weighted by atomic mass is 9.96. The summed E-state index contributed by atoms with van der Waals surface area (Å²) in [7, 11) is -3.42. The van der Waals surface area contributed by atoms with Crippen molar-refractivity contribution in [1.29, 1.82) is 0 Å². The van der Waals surface area contributed by atoms with Gasteiger partial charge >= 0.3 is 6.03 Å². The van der Waals surface area contributed by atoms with Gasteiger partial charge < -0.3 is 10.6 Å². The molecule has 2 fully saturated rings. The summed E-state index contributed by atoms with van der Waals surface area (Å²) >= 11 is 0. The highest BCUT2D eigenvalue weighted by molar-refractivity contribution is 7.89. The molecular weight excluding hydrogens is 338 g/mol. The zero-order valence-corrected chi connectivity index (χ0v) is 15.4. The summed E-state index contributed by atoms with van der Waals surface area (Å²) in [5, 5.41) is 5.78. The van der Waals surface area contributed by atoms with E-state index in [1.54, 1.807) is 28.6 Å². The molecule has 1 saturated carbocycles. The van der Waals surface area contributed by atoms with Crippen LogP contribution in [-0.2, 0) is 10.0 Å². The number of hydrogen-bond acceptors (Lipinski definition) is 3. The first-order chi connectivity index (χ1) is 12.1. The molecule has 2 aliphatic rings. The van der Waals surface area contributed by atoms with Gasteiger partial charge in [-0.2, -0.15) is 4.31 Å². The maximum absolute atomic E-state index is 12.6. The van der Waals surface area contributed by atoms with Crippen molar-refractivity contribution in [1.82, 2.24) is 9.62 Å². The number of hydrogen-bond donors (Lipinski definition) is 2. The molecule has 1 aliphatic carbocycles. The summed E-state index contributed by atoms with van der Waals surface area (Å²) < 4.78 is 26.8. The second kappa shape index (κ2) is 8.19. The summed E-state index contributed by atoms with van der Waals surface area (Å²) in [6.45, 7) is 1.18. The number of amides is 2. The number of carbonyl (C=O) groups is 1. The molecule has 0 aromatic heterocycles.